The zero-order valence-corrected chi connectivity index (χ0v) is 21.9. The summed E-state index contributed by atoms with van der Waals surface area (Å²) in [7, 11) is 0. The minimum atomic E-state index is -0.309. The van der Waals surface area contributed by atoms with E-state index in [1.54, 1.807) is 21.9 Å². The maximum absolute atomic E-state index is 13.6. The molecule has 0 unspecified atom stereocenters. The largest absolute Gasteiger partial charge is 0.335 e. The van der Waals surface area contributed by atoms with E-state index in [-0.39, 0.29) is 17.8 Å². The number of aromatic nitrogens is 1. The first-order valence-electron chi connectivity index (χ1n) is 12.0. The van der Waals surface area contributed by atoms with Crippen LogP contribution in [0.4, 0.5) is 14.9 Å². The van der Waals surface area contributed by atoms with Gasteiger partial charge in [0.2, 0.25) is 0 Å². The molecule has 1 N–H and O–H groups in total. The molecule has 3 aromatic carbocycles. The molecule has 0 spiro atoms. The van der Waals surface area contributed by atoms with Gasteiger partial charge in [0.25, 0.3) is 5.91 Å². The van der Waals surface area contributed by atoms with E-state index in [2.05, 4.69) is 21.2 Å². The number of halogens is 2. The summed E-state index contributed by atoms with van der Waals surface area (Å²) < 4.78 is 16.5. The number of anilines is 1. The lowest BCUT2D eigenvalue weighted by Gasteiger charge is -2.34. The fourth-order valence-corrected chi connectivity index (χ4v) is 5.02. The maximum Gasteiger partial charge on any atom is 0.321 e. The van der Waals surface area contributed by atoms with Crippen molar-refractivity contribution in [3.05, 3.63) is 106 Å². The predicted octanol–water partition coefficient (Wildman–Crippen LogP) is 6.34. The van der Waals surface area contributed by atoms with E-state index in [0.717, 1.165) is 27.1 Å². The Morgan fingerprint density at radius 3 is 2.19 bits per heavy atom. The van der Waals surface area contributed by atoms with Gasteiger partial charge in [-0.3, -0.25) is 4.79 Å². The van der Waals surface area contributed by atoms with Crippen LogP contribution in [0.1, 0.15) is 16.1 Å². The average Bonchev–Trinajstić information content (AvgIpc) is 3.26. The van der Waals surface area contributed by atoms with Gasteiger partial charge in [0.1, 0.15) is 5.82 Å². The van der Waals surface area contributed by atoms with E-state index in [4.69, 9.17) is 0 Å². The van der Waals surface area contributed by atoms with Gasteiger partial charge < -0.3 is 19.7 Å². The van der Waals surface area contributed by atoms with Crippen molar-refractivity contribution in [3.8, 4) is 16.9 Å². The minimum absolute atomic E-state index is 0.0809. The number of rotatable bonds is 4. The number of carbonyl (C=O) groups excluding carboxylic acids is 2. The molecule has 4 aromatic rings. The van der Waals surface area contributed by atoms with Crippen molar-refractivity contribution in [3.63, 3.8) is 0 Å². The summed E-state index contributed by atoms with van der Waals surface area (Å²) in [6, 6.07) is 25.2. The molecule has 3 amide bonds. The van der Waals surface area contributed by atoms with Crippen LogP contribution in [-0.2, 0) is 0 Å². The summed E-state index contributed by atoms with van der Waals surface area (Å²) in [5.41, 5.74) is 4.68. The zero-order chi connectivity index (χ0) is 25.9. The van der Waals surface area contributed by atoms with Crippen molar-refractivity contribution in [2.75, 3.05) is 31.5 Å². The number of urea groups is 1. The lowest BCUT2D eigenvalue weighted by molar-refractivity contribution is 0.0671. The third-order valence-electron chi connectivity index (χ3n) is 6.56. The van der Waals surface area contributed by atoms with E-state index >= 15 is 0 Å². The number of benzene rings is 3. The van der Waals surface area contributed by atoms with Crippen LogP contribution in [-0.4, -0.2) is 52.5 Å². The number of hydrogen-bond acceptors (Lipinski definition) is 2. The second-order valence-corrected chi connectivity index (χ2v) is 9.84. The molecule has 8 heteroatoms. The second kappa shape index (κ2) is 10.6. The standard InChI is InChI=1S/C29H26BrFN4O2/c1-20-26(19-27(21-10-12-23(31)13-11-21)35(20)25-8-3-2-4-9-25)28(36)33-14-16-34(17-15-33)29(37)32-24-7-5-6-22(30)18-24/h2-13,18-19H,14-17H2,1H3,(H,32,37). The molecule has 1 aliphatic rings. The highest BCUT2D eigenvalue weighted by molar-refractivity contribution is 9.10. The molecule has 6 nitrogen and oxygen atoms in total. The van der Waals surface area contributed by atoms with Crippen molar-refractivity contribution < 1.29 is 14.0 Å². The Morgan fingerprint density at radius 2 is 1.51 bits per heavy atom. The summed E-state index contributed by atoms with van der Waals surface area (Å²) in [6.45, 7) is 3.68. The molecule has 37 heavy (non-hydrogen) atoms. The number of hydrogen-bond donors (Lipinski definition) is 1. The van der Waals surface area contributed by atoms with Crippen molar-refractivity contribution >= 4 is 33.6 Å². The summed E-state index contributed by atoms with van der Waals surface area (Å²) in [5, 5.41) is 2.91. The summed E-state index contributed by atoms with van der Waals surface area (Å²) in [6.07, 6.45) is 0. The van der Waals surface area contributed by atoms with Crippen LogP contribution < -0.4 is 5.32 Å². The quantitative estimate of drug-likeness (QED) is 0.316. The van der Waals surface area contributed by atoms with Gasteiger partial charge in [-0.05, 0) is 73.2 Å². The molecule has 0 atom stereocenters. The average molecular weight is 561 g/mol. The number of carbonyl (C=O) groups is 2. The highest BCUT2D eigenvalue weighted by Crippen LogP contribution is 2.30. The monoisotopic (exact) mass is 560 g/mol. The second-order valence-electron chi connectivity index (χ2n) is 8.93. The van der Waals surface area contributed by atoms with Gasteiger partial charge in [0.15, 0.2) is 0 Å². The first-order chi connectivity index (χ1) is 17.9. The van der Waals surface area contributed by atoms with Crippen LogP contribution in [0.2, 0.25) is 0 Å². The van der Waals surface area contributed by atoms with Gasteiger partial charge >= 0.3 is 6.03 Å². The molecule has 1 saturated heterocycles. The van der Waals surface area contributed by atoms with Crippen LogP contribution in [0.25, 0.3) is 16.9 Å². The molecular weight excluding hydrogens is 535 g/mol. The number of nitrogens with zero attached hydrogens (tertiary/aromatic N) is 3. The van der Waals surface area contributed by atoms with Crippen LogP contribution in [0, 0.1) is 12.7 Å². The highest BCUT2D eigenvalue weighted by atomic mass is 79.9. The maximum atomic E-state index is 13.6. The van der Waals surface area contributed by atoms with Gasteiger partial charge in [-0.1, -0.05) is 40.2 Å². The molecule has 1 aliphatic heterocycles. The molecule has 0 saturated carbocycles. The Kier molecular flexibility index (Phi) is 7.10. The smallest absolute Gasteiger partial charge is 0.321 e. The molecule has 1 aromatic heterocycles. The SMILES string of the molecule is Cc1c(C(=O)N2CCN(C(=O)Nc3cccc(Br)c3)CC2)cc(-c2ccc(F)cc2)n1-c1ccccc1. The van der Waals surface area contributed by atoms with Gasteiger partial charge in [0, 0.05) is 47.7 Å². The van der Waals surface area contributed by atoms with Gasteiger partial charge in [0.05, 0.1) is 11.3 Å². The van der Waals surface area contributed by atoms with Gasteiger partial charge in [-0.2, -0.15) is 0 Å². The Labute approximate surface area is 223 Å². The molecule has 188 valence electrons. The summed E-state index contributed by atoms with van der Waals surface area (Å²) in [5.74, 6) is -0.390. The third kappa shape index (κ3) is 5.29. The lowest BCUT2D eigenvalue weighted by atomic mass is 10.1. The molecule has 0 radical (unpaired) electrons. The Morgan fingerprint density at radius 1 is 0.838 bits per heavy atom. The predicted molar refractivity (Wildman–Crippen MR) is 147 cm³/mol. The molecule has 5 rings (SSSR count). The Hall–Kier alpha value is -3.91. The molecular formula is C29H26BrFN4O2. The van der Waals surface area contributed by atoms with Crippen LogP contribution in [0.15, 0.2) is 89.4 Å². The molecule has 2 heterocycles. The topological polar surface area (TPSA) is 57.6 Å². The minimum Gasteiger partial charge on any atom is -0.335 e. The molecule has 0 bridgehead atoms. The van der Waals surface area contributed by atoms with Crippen molar-refractivity contribution in [1.82, 2.24) is 14.4 Å². The van der Waals surface area contributed by atoms with E-state index in [1.165, 1.54) is 12.1 Å². The van der Waals surface area contributed by atoms with Crippen LogP contribution in [0.5, 0.6) is 0 Å². The fourth-order valence-electron chi connectivity index (χ4n) is 4.62. The molecule has 1 fully saturated rings. The number of para-hydroxylation sites is 1. The first kappa shape index (κ1) is 24.8. The first-order valence-corrected chi connectivity index (χ1v) is 12.8. The van der Waals surface area contributed by atoms with E-state index < -0.39 is 0 Å². The van der Waals surface area contributed by atoms with E-state index in [1.807, 2.05) is 72.2 Å². The zero-order valence-electron chi connectivity index (χ0n) is 20.3. The number of nitrogens with one attached hydrogen (secondary N) is 1. The van der Waals surface area contributed by atoms with E-state index in [0.29, 0.717) is 37.4 Å². The van der Waals surface area contributed by atoms with Gasteiger partial charge in [-0.15, -0.1) is 0 Å². The lowest BCUT2D eigenvalue weighted by Crippen LogP contribution is -2.51. The summed E-state index contributed by atoms with van der Waals surface area (Å²) in [4.78, 5) is 29.9. The normalized spacial score (nSPS) is 13.5. The molecule has 0 aliphatic carbocycles. The Balaban J connectivity index is 1.35. The third-order valence-corrected chi connectivity index (χ3v) is 7.06. The van der Waals surface area contributed by atoms with Crippen LogP contribution >= 0.6 is 15.9 Å². The van der Waals surface area contributed by atoms with Gasteiger partial charge in [-0.25, -0.2) is 9.18 Å². The Bertz CT molecular complexity index is 1430. The van der Waals surface area contributed by atoms with Crippen LogP contribution in [0.3, 0.4) is 0 Å². The van der Waals surface area contributed by atoms with Crippen molar-refractivity contribution in [1.29, 1.82) is 0 Å². The summed E-state index contributed by atoms with van der Waals surface area (Å²) >= 11 is 3.41. The van der Waals surface area contributed by atoms with E-state index in [9.17, 15) is 14.0 Å². The highest BCUT2D eigenvalue weighted by Gasteiger charge is 2.28. The number of piperazine rings is 1. The van der Waals surface area contributed by atoms with Crippen molar-refractivity contribution in [2.24, 2.45) is 0 Å². The van der Waals surface area contributed by atoms with Crippen molar-refractivity contribution in [2.45, 2.75) is 6.92 Å². The fraction of sp³-hybridized carbons (Fsp3) is 0.172. The number of amides is 3.